The van der Waals surface area contributed by atoms with Gasteiger partial charge in [-0.25, -0.2) is 0 Å². The zero-order chi connectivity index (χ0) is 14.5. The lowest BCUT2D eigenvalue weighted by molar-refractivity contribution is -0.125. The van der Waals surface area contributed by atoms with Crippen molar-refractivity contribution in [2.75, 3.05) is 44.1 Å². The van der Waals surface area contributed by atoms with E-state index in [-0.39, 0.29) is 5.91 Å². The third kappa shape index (κ3) is 3.20. The second-order valence-corrected chi connectivity index (χ2v) is 4.58. The van der Waals surface area contributed by atoms with Gasteiger partial charge in [0.1, 0.15) is 5.75 Å². The van der Waals surface area contributed by atoms with E-state index in [1.807, 2.05) is 0 Å². The van der Waals surface area contributed by atoms with Crippen LogP contribution in [0.25, 0.3) is 0 Å². The van der Waals surface area contributed by atoms with Gasteiger partial charge >= 0.3 is 0 Å². The average molecular weight is 280 g/mol. The molecule has 110 valence electrons. The normalized spacial score (nSPS) is 17.8. The summed E-state index contributed by atoms with van der Waals surface area (Å²) < 4.78 is 15.9. The molecule has 2 N–H and O–H groups in total. The Hall–Kier alpha value is -1.79. The highest BCUT2D eigenvalue weighted by molar-refractivity contribution is 6.00. The number of hydrogen-bond donors (Lipinski definition) is 1. The van der Waals surface area contributed by atoms with Crippen molar-refractivity contribution in [2.24, 2.45) is 0 Å². The summed E-state index contributed by atoms with van der Waals surface area (Å²) in [5.74, 6) is 0.562. The molecule has 1 atom stereocenters. The Morgan fingerprint density at radius 3 is 2.90 bits per heavy atom. The molecule has 0 saturated heterocycles. The molecule has 0 saturated carbocycles. The van der Waals surface area contributed by atoms with E-state index in [1.54, 1.807) is 37.1 Å². The number of rotatable bonds is 6. The number of fused-ring (bicyclic) bond motifs is 1. The molecule has 6 heteroatoms. The molecule has 2 rings (SSSR count). The number of hydrogen-bond acceptors (Lipinski definition) is 5. The maximum absolute atomic E-state index is 12.2. The number of ether oxygens (including phenoxy) is 3. The second-order valence-electron chi connectivity index (χ2n) is 4.58. The van der Waals surface area contributed by atoms with Crippen molar-refractivity contribution in [1.29, 1.82) is 0 Å². The van der Waals surface area contributed by atoms with Gasteiger partial charge in [-0.3, -0.25) is 4.79 Å². The molecule has 1 aliphatic rings. The minimum atomic E-state index is -0.511. The van der Waals surface area contributed by atoms with E-state index in [9.17, 15) is 4.79 Å². The van der Waals surface area contributed by atoms with E-state index < -0.39 is 6.10 Å². The number of methoxy groups -OCH3 is 1. The highest BCUT2D eigenvalue weighted by atomic mass is 16.5. The van der Waals surface area contributed by atoms with Gasteiger partial charge in [-0.15, -0.1) is 0 Å². The molecule has 0 bridgehead atoms. The molecule has 0 fully saturated rings. The van der Waals surface area contributed by atoms with Crippen LogP contribution in [0.1, 0.15) is 6.92 Å². The lowest BCUT2D eigenvalue weighted by Crippen LogP contribution is -2.45. The predicted molar refractivity (Wildman–Crippen MR) is 76.0 cm³/mol. The summed E-state index contributed by atoms with van der Waals surface area (Å²) in [6, 6.07) is 5.28. The first kappa shape index (κ1) is 14.6. The highest BCUT2D eigenvalue weighted by Crippen LogP contribution is 2.35. The highest BCUT2D eigenvalue weighted by Gasteiger charge is 2.31. The van der Waals surface area contributed by atoms with Crippen LogP contribution in [0.2, 0.25) is 0 Å². The van der Waals surface area contributed by atoms with Gasteiger partial charge in [-0.1, -0.05) is 0 Å². The van der Waals surface area contributed by atoms with E-state index in [0.29, 0.717) is 37.8 Å². The van der Waals surface area contributed by atoms with Crippen LogP contribution in [-0.4, -0.2) is 45.5 Å². The monoisotopic (exact) mass is 280 g/mol. The van der Waals surface area contributed by atoms with Crippen LogP contribution in [0.5, 0.6) is 5.75 Å². The average Bonchev–Trinajstić information content (AvgIpc) is 2.42. The lowest BCUT2D eigenvalue weighted by atomic mass is 10.1. The van der Waals surface area contributed by atoms with E-state index in [1.165, 1.54) is 0 Å². The molecular weight excluding hydrogens is 260 g/mol. The minimum Gasteiger partial charge on any atom is -0.479 e. The standard InChI is InChI=1S/C14H20N2O4/c1-10-14(17)16(5-6-19-8-7-18-2)12-4-3-11(15)9-13(12)20-10/h3-4,9-10H,5-8,15H2,1-2H3. The minimum absolute atomic E-state index is 0.0717. The molecule has 1 unspecified atom stereocenters. The quantitative estimate of drug-likeness (QED) is 0.622. The van der Waals surface area contributed by atoms with Gasteiger partial charge in [-0.05, 0) is 19.1 Å². The van der Waals surface area contributed by atoms with Crippen molar-refractivity contribution in [3.8, 4) is 5.75 Å². The first-order chi connectivity index (χ1) is 9.63. The van der Waals surface area contributed by atoms with Crippen LogP contribution in [-0.2, 0) is 14.3 Å². The summed E-state index contributed by atoms with van der Waals surface area (Å²) in [6.45, 7) is 3.71. The Bertz CT molecular complexity index is 478. The van der Waals surface area contributed by atoms with Gasteiger partial charge in [0.05, 0.1) is 25.5 Å². The molecule has 20 heavy (non-hydrogen) atoms. The van der Waals surface area contributed by atoms with Crippen LogP contribution >= 0.6 is 0 Å². The summed E-state index contributed by atoms with van der Waals surface area (Å²) in [4.78, 5) is 13.9. The van der Waals surface area contributed by atoms with Crippen molar-refractivity contribution >= 4 is 17.3 Å². The van der Waals surface area contributed by atoms with Gasteiger partial charge in [0.25, 0.3) is 5.91 Å². The molecule has 0 spiro atoms. The smallest absolute Gasteiger partial charge is 0.267 e. The Morgan fingerprint density at radius 2 is 2.15 bits per heavy atom. The molecule has 1 aliphatic heterocycles. The summed E-state index contributed by atoms with van der Waals surface area (Å²) in [5.41, 5.74) is 7.09. The Balaban J connectivity index is 2.05. The van der Waals surface area contributed by atoms with Crippen LogP contribution < -0.4 is 15.4 Å². The van der Waals surface area contributed by atoms with Gasteiger partial charge in [-0.2, -0.15) is 0 Å². The summed E-state index contributed by atoms with van der Waals surface area (Å²) in [7, 11) is 1.62. The Kier molecular flexibility index (Phi) is 4.81. The summed E-state index contributed by atoms with van der Waals surface area (Å²) >= 11 is 0. The maximum Gasteiger partial charge on any atom is 0.267 e. The summed E-state index contributed by atoms with van der Waals surface area (Å²) in [5, 5.41) is 0. The number of benzene rings is 1. The Morgan fingerprint density at radius 1 is 1.35 bits per heavy atom. The van der Waals surface area contributed by atoms with Crippen LogP contribution in [0.15, 0.2) is 18.2 Å². The number of nitrogens with two attached hydrogens (primary N) is 1. The first-order valence-corrected chi connectivity index (χ1v) is 6.57. The van der Waals surface area contributed by atoms with E-state index >= 15 is 0 Å². The van der Waals surface area contributed by atoms with Crippen molar-refractivity contribution < 1.29 is 19.0 Å². The largest absolute Gasteiger partial charge is 0.479 e. The third-order valence-corrected chi connectivity index (χ3v) is 3.08. The molecule has 1 amide bonds. The van der Waals surface area contributed by atoms with Crippen LogP contribution in [0.4, 0.5) is 11.4 Å². The molecular formula is C14H20N2O4. The predicted octanol–water partition coefficient (Wildman–Crippen LogP) is 1.05. The Labute approximate surface area is 118 Å². The van der Waals surface area contributed by atoms with Gasteiger partial charge in [0, 0.05) is 25.4 Å². The molecule has 0 aromatic heterocycles. The van der Waals surface area contributed by atoms with Crippen molar-refractivity contribution in [1.82, 2.24) is 0 Å². The number of carbonyl (C=O) groups excluding carboxylic acids is 1. The number of nitrogens with zero attached hydrogens (tertiary/aromatic N) is 1. The molecule has 6 nitrogen and oxygen atoms in total. The third-order valence-electron chi connectivity index (χ3n) is 3.08. The van der Waals surface area contributed by atoms with Gasteiger partial charge in [0.2, 0.25) is 0 Å². The van der Waals surface area contributed by atoms with E-state index in [4.69, 9.17) is 19.9 Å². The fraction of sp³-hybridized carbons (Fsp3) is 0.500. The topological polar surface area (TPSA) is 74.0 Å². The van der Waals surface area contributed by atoms with Crippen LogP contribution in [0.3, 0.4) is 0 Å². The van der Waals surface area contributed by atoms with E-state index in [0.717, 1.165) is 5.69 Å². The number of carbonyl (C=O) groups is 1. The van der Waals surface area contributed by atoms with Gasteiger partial charge in [0.15, 0.2) is 6.10 Å². The fourth-order valence-electron chi connectivity index (χ4n) is 2.06. The molecule has 1 aromatic rings. The SMILES string of the molecule is COCCOCCN1C(=O)C(C)Oc2cc(N)ccc21. The second kappa shape index (κ2) is 6.58. The van der Waals surface area contributed by atoms with Crippen molar-refractivity contribution in [3.63, 3.8) is 0 Å². The number of amides is 1. The molecule has 0 radical (unpaired) electrons. The molecule has 1 aromatic carbocycles. The summed E-state index contributed by atoms with van der Waals surface area (Å²) in [6.07, 6.45) is -0.511. The zero-order valence-corrected chi connectivity index (χ0v) is 11.8. The lowest BCUT2D eigenvalue weighted by Gasteiger charge is -2.33. The number of anilines is 2. The first-order valence-electron chi connectivity index (χ1n) is 6.57. The molecule has 0 aliphatic carbocycles. The van der Waals surface area contributed by atoms with Crippen molar-refractivity contribution in [3.05, 3.63) is 18.2 Å². The maximum atomic E-state index is 12.2. The van der Waals surface area contributed by atoms with Crippen LogP contribution in [0, 0.1) is 0 Å². The van der Waals surface area contributed by atoms with Gasteiger partial charge < -0.3 is 24.8 Å². The van der Waals surface area contributed by atoms with E-state index in [2.05, 4.69) is 0 Å². The fourth-order valence-corrected chi connectivity index (χ4v) is 2.06. The zero-order valence-electron chi connectivity index (χ0n) is 11.8. The number of nitrogen functional groups attached to an aromatic ring is 1. The van der Waals surface area contributed by atoms with Crippen molar-refractivity contribution in [2.45, 2.75) is 13.0 Å². The molecule has 1 heterocycles.